The van der Waals surface area contributed by atoms with Gasteiger partial charge in [-0.05, 0) is 44.0 Å². The SMILES string of the molecule is CC(=O)c1ccc(OC(=O)CN2C(=O)NC3(CCCC3)C2=O)cc1. The molecule has 24 heavy (non-hydrogen) atoms. The molecule has 1 heterocycles. The zero-order chi connectivity index (χ0) is 17.3. The maximum Gasteiger partial charge on any atom is 0.331 e. The van der Waals surface area contributed by atoms with Crippen LogP contribution in [0.5, 0.6) is 5.75 Å². The Hall–Kier alpha value is -2.70. The number of esters is 1. The number of amides is 3. The Morgan fingerprint density at radius 3 is 2.38 bits per heavy atom. The lowest BCUT2D eigenvalue weighted by Gasteiger charge is -2.19. The average Bonchev–Trinajstić information content (AvgIpc) is 3.09. The van der Waals surface area contributed by atoms with Crippen LogP contribution in [0.4, 0.5) is 4.79 Å². The molecule has 1 aromatic rings. The van der Waals surface area contributed by atoms with Crippen molar-refractivity contribution in [3.05, 3.63) is 29.8 Å². The van der Waals surface area contributed by atoms with Gasteiger partial charge in [-0.15, -0.1) is 0 Å². The van der Waals surface area contributed by atoms with E-state index in [2.05, 4.69) is 5.32 Å². The van der Waals surface area contributed by atoms with Gasteiger partial charge in [-0.3, -0.25) is 14.5 Å². The van der Waals surface area contributed by atoms with Crippen LogP contribution in [0.25, 0.3) is 0 Å². The second-order valence-electron chi connectivity index (χ2n) is 6.17. The summed E-state index contributed by atoms with van der Waals surface area (Å²) in [5, 5.41) is 2.71. The molecule has 0 bridgehead atoms. The van der Waals surface area contributed by atoms with Crippen molar-refractivity contribution in [3.63, 3.8) is 0 Å². The normalized spacial score (nSPS) is 18.8. The van der Waals surface area contributed by atoms with Gasteiger partial charge in [-0.1, -0.05) is 12.8 Å². The molecular weight excluding hydrogens is 312 g/mol. The molecule has 1 N–H and O–H groups in total. The molecule has 7 nitrogen and oxygen atoms in total. The third-order valence-corrected chi connectivity index (χ3v) is 4.48. The summed E-state index contributed by atoms with van der Waals surface area (Å²) < 4.78 is 5.13. The highest BCUT2D eigenvalue weighted by molar-refractivity contribution is 6.08. The first kappa shape index (κ1) is 16.2. The molecule has 3 amide bonds. The van der Waals surface area contributed by atoms with Crippen molar-refractivity contribution in [2.45, 2.75) is 38.1 Å². The molecule has 1 saturated carbocycles. The van der Waals surface area contributed by atoms with Gasteiger partial charge in [0, 0.05) is 5.56 Å². The third-order valence-electron chi connectivity index (χ3n) is 4.48. The van der Waals surface area contributed by atoms with Crippen LogP contribution in [0.2, 0.25) is 0 Å². The summed E-state index contributed by atoms with van der Waals surface area (Å²) in [6, 6.07) is 5.54. The number of imide groups is 1. The minimum atomic E-state index is -0.833. The van der Waals surface area contributed by atoms with Crippen molar-refractivity contribution < 1.29 is 23.9 Å². The molecule has 1 spiro atoms. The van der Waals surface area contributed by atoms with Crippen LogP contribution < -0.4 is 10.1 Å². The van der Waals surface area contributed by atoms with Crippen LogP contribution >= 0.6 is 0 Å². The summed E-state index contributed by atoms with van der Waals surface area (Å²) in [4.78, 5) is 48.6. The molecular formula is C17H18N2O5. The lowest BCUT2D eigenvalue weighted by Crippen LogP contribution is -2.44. The largest absolute Gasteiger partial charge is 0.425 e. The van der Waals surface area contributed by atoms with Crippen molar-refractivity contribution in [2.24, 2.45) is 0 Å². The van der Waals surface area contributed by atoms with Crippen LogP contribution in [0.15, 0.2) is 24.3 Å². The fraction of sp³-hybridized carbons (Fsp3) is 0.412. The fourth-order valence-corrected chi connectivity index (χ4v) is 3.19. The Morgan fingerprint density at radius 2 is 1.79 bits per heavy atom. The van der Waals surface area contributed by atoms with Gasteiger partial charge in [0.15, 0.2) is 5.78 Å². The molecule has 0 aromatic heterocycles. The maximum absolute atomic E-state index is 12.4. The highest BCUT2D eigenvalue weighted by atomic mass is 16.5. The van der Waals surface area contributed by atoms with E-state index in [-0.39, 0.29) is 17.4 Å². The minimum absolute atomic E-state index is 0.0888. The number of nitrogens with zero attached hydrogens (tertiary/aromatic N) is 1. The molecule has 1 aliphatic carbocycles. The van der Waals surface area contributed by atoms with Gasteiger partial charge in [-0.2, -0.15) is 0 Å². The molecule has 2 aliphatic rings. The Morgan fingerprint density at radius 1 is 1.17 bits per heavy atom. The quantitative estimate of drug-likeness (QED) is 0.392. The number of ketones is 1. The molecule has 1 aromatic carbocycles. The number of rotatable bonds is 4. The van der Waals surface area contributed by atoms with E-state index >= 15 is 0 Å². The number of benzene rings is 1. The number of urea groups is 1. The highest BCUT2D eigenvalue weighted by Crippen LogP contribution is 2.34. The van der Waals surface area contributed by atoms with Crippen molar-refractivity contribution in [1.82, 2.24) is 10.2 Å². The van der Waals surface area contributed by atoms with Gasteiger partial charge in [0.2, 0.25) is 0 Å². The van der Waals surface area contributed by atoms with E-state index in [0.29, 0.717) is 18.4 Å². The second kappa shape index (κ2) is 6.07. The van der Waals surface area contributed by atoms with Crippen LogP contribution in [-0.2, 0) is 9.59 Å². The van der Waals surface area contributed by atoms with Gasteiger partial charge in [0.05, 0.1) is 0 Å². The van der Waals surface area contributed by atoms with E-state index in [9.17, 15) is 19.2 Å². The lowest BCUT2D eigenvalue weighted by molar-refractivity contribution is -0.140. The molecule has 0 atom stereocenters. The predicted octanol–water partition coefficient (Wildman–Crippen LogP) is 1.66. The predicted molar refractivity (Wildman–Crippen MR) is 83.5 cm³/mol. The smallest absolute Gasteiger partial charge is 0.331 e. The zero-order valence-corrected chi connectivity index (χ0v) is 13.3. The van der Waals surface area contributed by atoms with Crippen molar-refractivity contribution >= 4 is 23.7 Å². The van der Waals surface area contributed by atoms with Gasteiger partial charge in [0.25, 0.3) is 5.91 Å². The van der Waals surface area contributed by atoms with Crippen molar-refractivity contribution in [1.29, 1.82) is 0 Å². The Labute approximate surface area is 139 Å². The van der Waals surface area contributed by atoms with Gasteiger partial charge in [0.1, 0.15) is 17.8 Å². The highest BCUT2D eigenvalue weighted by Gasteiger charge is 2.52. The van der Waals surface area contributed by atoms with Crippen molar-refractivity contribution in [3.8, 4) is 5.75 Å². The lowest BCUT2D eigenvalue weighted by atomic mass is 9.98. The molecule has 1 aliphatic heterocycles. The van der Waals surface area contributed by atoms with E-state index in [1.165, 1.54) is 19.1 Å². The summed E-state index contributed by atoms with van der Waals surface area (Å²) in [5.41, 5.74) is -0.326. The first-order valence-electron chi connectivity index (χ1n) is 7.87. The van der Waals surface area contributed by atoms with Crippen LogP contribution in [0.3, 0.4) is 0 Å². The van der Waals surface area contributed by atoms with E-state index in [4.69, 9.17) is 4.74 Å². The van der Waals surface area contributed by atoms with E-state index in [1.54, 1.807) is 12.1 Å². The van der Waals surface area contributed by atoms with Gasteiger partial charge >= 0.3 is 12.0 Å². The summed E-state index contributed by atoms with van der Waals surface area (Å²) in [7, 11) is 0. The van der Waals surface area contributed by atoms with Crippen LogP contribution in [0, 0.1) is 0 Å². The standard InChI is InChI=1S/C17H18N2O5/c1-11(20)12-4-6-13(7-5-12)24-14(21)10-19-15(22)17(18-16(19)23)8-2-3-9-17/h4-7H,2-3,8-10H2,1H3,(H,18,23). The van der Waals surface area contributed by atoms with Crippen LogP contribution in [0.1, 0.15) is 43.0 Å². The minimum Gasteiger partial charge on any atom is -0.425 e. The summed E-state index contributed by atoms with van der Waals surface area (Å²) in [6.07, 6.45) is 2.98. The molecule has 1 saturated heterocycles. The number of carbonyl (C=O) groups excluding carboxylic acids is 4. The Kier molecular flexibility index (Phi) is 4.09. The molecule has 7 heteroatoms. The van der Waals surface area contributed by atoms with Gasteiger partial charge in [-0.25, -0.2) is 9.59 Å². The number of ether oxygens (including phenoxy) is 1. The molecule has 3 rings (SSSR count). The number of carbonyl (C=O) groups is 4. The number of Topliss-reactive ketones (excluding diaryl/α,β-unsaturated/α-hetero) is 1. The second-order valence-corrected chi connectivity index (χ2v) is 6.17. The van der Waals surface area contributed by atoms with E-state index in [1.807, 2.05) is 0 Å². The Bertz CT molecular complexity index is 704. The maximum atomic E-state index is 12.4. The monoisotopic (exact) mass is 330 g/mol. The van der Waals surface area contributed by atoms with Crippen molar-refractivity contribution in [2.75, 3.05) is 6.54 Å². The summed E-state index contributed by atoms with van der Waals surface area (Å²) in [5.74, 6) is -0.889. The first-order chi connectivity index (χ1) is 11.4. The zero-order valence-electron chi connectivity index (χ0n) is 13.3. The van der Waals surface area contributed by atoms with E-state index in [0.717, 1.165) is 17.7 Å². The molecule has 126 valence electrons. The third kappa shape index (κ3) is 2.89. The fourth-order valence-electron chi connectivity index (χ4n) is 3.19. The van der Waals surface area contributed by atoms with E-state index < -0.39 is 24.1 Å². The van der Waals surface area contributed by atoms with Crippen LogP contribution in [-0.4, -0.2) is 40.7 Å². The number of hydrogen-bond acceptors (Lipinski definition) is 5. The Balaban J connectivity index is 1.63. The topological polar surface area (TPSA) is 92.8 Å². The molecule has 2 fully saturated rings. The van der Waals surface area contributed by atoms with Gasteiger partial charge < -0.3 is 10.1 Å². The molecule has 0 radical (unpaired) electrons. The number of nitrogens with one attached hydrogen (secondary N) is 1. The molecule has 0 unspecified atom stereocenters. The summed E-state index contributed by atoms with van der Waals surface area (Å²) >= 11 is 0. The average molecular weight is 330 g/mol. The first-order valence-corrected chi connectivity index (χ1v) is 7.87. The number of hydrogen-bond donors (Lipinski definition) is 1. The summed E-state index contributed by atoms with van der Waals surface area (Å²) in [6.45, 7) is 1.01.